The van der Waals surface area contributed by atoms with Crippen LogP contribution >= 0.6 is 0 Å². The van der Waals surface area contributed by atoms with E-state index in [9.17, 15) is 5.26 Å². The van der Waals surface area contributed by atoms with Crippen LogP contribution in [0.15, 0.2) is 24.3 Å². The molecule has 2 rings (SSSR count). The summed E-state index contributed by atoms with van der Waals surface area (Å²) in [5.74, 6) is 1.14. The average molecular weight is 314 g/mol. The molecule has 1 aromatic rings. The first-order chi connectivity index (χ1) is 11.1. The van der Waals surface area contributed by atoms with E-state index in [2.05, 4.69) is 36.9 Å². The number of benzene rings is 1. The molecule has 3 heteroatoms. The number of hydrogen-bond acceptors (Lipinski definition) is 3. The Hall–Kier alpha value is -1.53. The first kappa shape index (κ1) is 17.8. The van der Waals surface area contributed by atoms with Crippen LogP contribution in [0.2, 0.25) is 0 Å². The van der Waals surface area contributed by atoms with Crippen molar-refractivity contribution in [1.82, 2.24) is 4.90 Å². The van der Waals surface area contributed by atoms with Gasteiger partial charge in [-0.15, -0.1) is 0 Å². The van der Waals surface area contributed by atoms with Gasteiger partial charge in [-0.3, -0.25) is 0 Å². The normalized spacial score (nSPS) is 18.4. The highest BCUT2D eigenvalue weighted by Gasteiger charge is 2.35. The third-order valence-corrected chi connectivity index (χ3v) is 5.28. The molecular weight excluding hydrogens is 284 g/mol. The number of methoxy groups -OCH3 is 1. The van der Waals surface area contributed by atoms with Crippen LogP contribution in [0.25, 0.3) is 0 Å². The second-order valence-corrected chi connectivity index (χ2v) is 6.97. The zero-order valence-corrected chi connectivity index (χ0v) is 14.8. The smallest absolute Gasteiger partial charge is 0.118 e. The third kappa shape index (κ3) is 4.26. The minimum atomic E-state index is -0.401. The SMILES string of the molecule is COc1ccc(C(C#N)(CCCN2CCCCC2)C(C)C)cc1. The summed E-state index contributed by atoms with van der Waals surface area (Å²) in [7, 11) is 1.67. The second kappa shape index (κ2) is 8.36. The molecule has 1 fully saturated rings. The highest BCUT2D eigenvalue weighted by molar-refractivity contribution is 5.37. The number of likely N-dealkylation sites (tertiary alicyclic amines) is 1. The molecular formula is C20H30N2O. The minimum absolute atomic E-state index is 0.294. The van der Waals surface area contributed by atoms with E-state index in [1.807, 2.05) is 12.1 Å². The van der Waals surface area contributed by atoms with Crippen molar-refractivity contribution < 1.29 is 4.74 Å². The van der Waals surface area contributed by atoms with Crippen molar-refractivity contribution in [2.75, 3.05) is 26.7 Å². The summed E-state index contributed by atoms with van der Waals surface area (Å²) in [5, 5.41) is 9.97. The molecule has 1 aromatic carbocycles. The number of hydrogen-bond donors (Lipinski definition) is 0. The van der Waals surface area contributed by atoms with Crippen LogP contribution in [0.1, 0.15) is 51.5 Å². The fourth-order valence-corrected chi connectivity index (χ4v) is 3.67. The van der Waals surface area contributed by atoms with E-state index >= 15 is 0 Å². The predicted molar refractivity (Wildman–Crippen MR) is 94.6 cm³/mol. The monoisotopic (exact) mass is 314 g/mol. The van der Waals surface area contributed by atoms with Crippen molar-refractivity contribution in [3.05, 3.63) is 29.8 Å². The summed E-state index contributed by atoms with van der Waals surface area (Å²) in [5.41, 5.74) is 0.719. The highest BCUT2D eigenvalue weighted by Crippen LogP contribution is 2.37. The van der Waals surface area contributed by atoms with E-state index in [0.29, 0.717) is 5.92 Å². The highest BCUT2D eigenvalue weighted by atomic mass is 16.5. The molecule has 1 aliphatic heterocycles. The quantitative estimate of drug-likeness (QED) is 0.749. The summed E-state index contributed by atoms with van der Waals surface area (Å²) in [6.07, 6.45) is 6.02. The van der Waals surface area contributed by atoms with E-state index < -0.39 is 5.41 Å². The number of nitriles is 1. The summed E-state index contributed by atoms with van der Waals surface area (Å²) in [6.45, 7) is 7.89. The van der Waals surface area contributed by atoms with E-state index in [1.54, 1.807) is 7.11 Å². The Morgan fingerprint density at radius 2 is 1.83 bits per heavy atom. The van der Waals surface area contributed by atoms with Gasteiger partial charge in [0.25, 0.3) is 0 Å². The summed E-state index contributed by atoms with van der Waals surface area (Å²) in [4.78, 5) is 2.56. The van der Waals surface area contributed by atoms with Gasteiger partial charge in [0, 0.05) is 0 Å². The predicted octanol–water partition coefficient (Wildman–Crippen LogP) is 4.38. The van der Waals surface area contributed by atoms with Crippen LogP contribution in [0, 0.1) is 17.2 Å². The zero-order valence-electron chi connectivity index (χ0n) is 14.8. The maximum absolute atomic E-state index is 9.97. The van der Waals surface area contributed by atoms with Crippen LogP contribution < -0.4 is 4.74 Å². The molecule has 0 saturated carbocycles. The first-order valence-corrected chi connectivity index (χ1v) is 8.90. The molecule has 1 heterocycles. The standard InChI is InChI=1S/C20H30N2O/c1-17(2)20(16-21,18-8-10-19(23-3)11-9-18)12-7-15-22-13-5-4-6-14-22/h8-11,17H,4-7,12-15H2,1-3H3. The van der Waals surface area contributed by atoms with Crippen LogP contribution in [-0.4, -0.2) is 31.6 Å². The van der Waals surface area contributed by atoms with Gasteiger partial charge >= 0.3 is 0 Å². The zero-order chi connectivity index (χ0) is 16.7. The molecule has 1 saturated heterocycles. The molecule has 3 nitrogen and oxygen atoms in total. The Bertz CT molecular complexity index is 511. The van der Waals surface area contributed by atoms with Crippen LogP contribution in [0.4, 0.5) is 0 Å². The van der Waals surface area contributed by atoms with Crippen molar-refractivity contribution in [2.45, 2.75) is 51.4 Å². The topological polar surface area (TPSA) is 36.3 Å². The Morgan fingerprint density at radius 1 is 1.17 bits per heavy atom. The van der Waals surface area contributed by atoms with Gasteiger partial charge in [0.1, 0.15) is 5.75 Å². The van der Waals surface area contributed by atoms with Gasteiger partial charge in [0.05, 0.1) is 18.6 Å². The van der Waals surface area contributed by atoms with Crippen LogP contribution in [0.3, 0.4) is 0 Å². The average Bonchev–Trinajstić information content (AvgIpc) is 2.60. The lowest BCUT2D eigenvalue weighted by atomic mass is 9.70. The number of piperidine rings is 1. The van der Waals surface area contributed by atoms with E-state index in [0.717, 1.165) is 30.7 Å². The van der Waals surface area contributed by atoms with Crippen LogP contribution in [0.5, 0.6) is 5.75 Å². The van der Waals surface area contributed by atoms with Gasteiger partial charge in [-0.2, -0.15) is 5.26 Å². The maximum Gasteiger partial charge on any atom is 0.118 e. The molecule has 0 N–H and O–H groups in total. The third-order valence-electron chi connectivity index (χ3n) is 5.28. The fourth-order valence-electron chi connectivity index (χ4n) is 3.67. The summed E-state index contributed by atoms with van der Waals surface area (Å²) in [6, 6.07) is 10.7. The molecule has 1 unspecified atom stereocenters. The van der Waals surface area contributed by atoms with Gasteiger partial charge < -0.3 is 9.64 Å². The number of nitrogens with zero attached hydrogens (tertiary/aromatic N) is 2. The van der Waals surface area contributed by atoms with Crippen molar-refractivity contribution in [2.24, 2.45) is 5.92 Å². The lowest BCUT2D eigenvalue weighted by Gasteiger charge is -2.33. The Kier molecular flexibility index (Phi) is 6.47. The molecule has 23 heavy (non-hydrogen) atoms. The Labute approximate surface area is 141 Å². The van der Waals surface area contributed by atoms with Crippen molar-refractivity contribution >= 4 is 0 Å². The van der Waals surface area contributed by atoms with Gasteiger partial charge in [-0.05, 0) is 68.9 Å². The van der Waals surface area contributed by atoms with E-state index in [1.165, 1.54) is 32.4 Å². The molecule has 0 aliphatic carbocycles. The van der Waals surface area contributed by atoms with Gasteiger partial charge in [-0.1, -0.05) is 32.4 Å². The van der Waals surface area contributed by atoms with Crippen molar-refractivity contribution in [3.8, 4) is 11.8 Å². The number of rotatable bonds is 7. The molecule has 0 radical (unpaired) electrons. The molecule has 126 valence electrons. The van der Waals surface area contributed by atoms with Gasteiger partial charge in [-0.25, -0.2) is 0 Å². The Balaban J connectivity index is 2.06. The lowest BCUT2D eigenvalue weighted by Crippen LogP contribution is -2.34. The van der Waals surface area contributed by atoms with E-state index in [4.69, 9.17) is 4.74 Å². The van der Waals surface area contributed by atoms with Crippen molar-refractivity contribution in [1.29, 1.82) is 5.26 Å². The van der Waals surface area contributed by atoms with E-state index in [-0.39, 0.29) is 0 Å². The summed E-state index contributed by atoms with van der Waals surface area (Å²) < 4.78 is 5.25. The lowest BCUT2D eigenvalue weighted by molar-refractivity contribution is 0.215. The molecule has 1 aliphatic rings. The largest absolute Gasteiger partial charge is 0.497 e. The van der Waals surface area contributed by atoms with Gasteiger partial charge in [0.2, 0.25) is 0 Å². The second-order valence-electron chi connectivity index (χ2n) is 6.97. The van der Waals surface area contributed by atoms with Gasteiger partial charge in [0.15, 0.2) is 0 Å². The molecule has 1 atom stereocenters. The Morgan fingerprint density at radius 3 is 2.35 bits per heavy atom. The number of ether oxygens (including phenoxy) is 1. The minimum Gasteiger partial charge on any atom is -0.497 e. The molecule has 0 spiro atoms. The van der Waals surface area contributed by atoms with Crippen LogP contribution in [-0.2, 0) is 5.41 Å². The first-order valence-electron chi connectivity index (χ1n) is 8.90. The maximum atomic E-state index is 9.97. The molecule has 0 aromatic heterocycles. The molecule has 0 bridgehead atoms. The fraction of sp³-hybridized carbons (Fsp3) is 0.650. The summed E-state index contributed by atoms with van der Waals surface area (Å²) >= 11 is 0. The molecule has 0 amide bonds. The van der Waals surface area contributed by atoms with Crippen molar-refractivity contribution in [3.63, 3.8) is 0 Å².